The lowest BCUT2D eigenvalue weighted by Gasteiger charge is -2.13. The molecule has 0 spiro atoms. The summed E-state index contributed by atoms with van der Waals surface area (Å²) in [6.45, 7) is 2.04. The van der Waals surface area contributed by atoms with Gasteiger partial charge in [0, 0.05) is 5.69 Å². The lowest BCUT2D eigenvalue weighted by atomic mass is 10.1. The molecule has 1 N–H and O–H groups in total. The van der Waals surface area contributed by atoms with Crippen molar-refractivity contribution < 1.29 is 19.1 Å². The Morgan fingerprint density at radius 3 is 2.51 bits per heavy atom. The second kappa shape index (κ2) is 10.7. The molecule has 1 aliphatic heterocycles. The minimum absolute atomic E-state index is 0.153. The van der Waals surface area contributed by atoms with E-state index in [-0.39, 0.29) is 30.2 Å². The van der Waals surface area contributed by atoms with Gasteiger partial charge in [-0.15, -0.1) is 0 Å². The average Bonchev–Trinajstić information content (AvgIpc) is 3.16. The Bertz CT molecular complexity index is 1530. The fourth-order valence-corrected chi connectivity index (χ4v) is 4.82. The van der Waals surface area contributed by atoms with Crippen molar-refractivity contribution in [2.45, 2.75) is 13.5 Å². The summed E-state index contributed by atoms with van der Waals surface area (Å²) in [4.78, 5) is 39.5. The fraction of sp³-hybridized carbons (Fsp3) is 0.100. The molecule has 1 saturated heterocycles. The number of amides is 3. The summed E-state index contributed by atoms with van der Waals surface area (Å²) in [5.74, 6) is -0.112. The molecule has 0 atom stereocenters. The number of nitrogens with one attached hydrogen (secondary N) is 1. The first-order valence-corrected chi connectivity index (χ1v) is 12.6. The van der Waals surface area contributed by atoms with Gasteiger partial charge in [0.05, 0.1) is 11.4 Å². The highest BCUT2D eigenvalue weighted by molar-refractivity contribution is 8.18. The van der Waals surface area contributed by atoms with Crippen molar-refractivity contribution in [2.75, 3.05) is 11.9 Å². The number of carbonyl (C=O) groups is 3. The summed E-state index contributed by atoms with van der Waals surface area (Å²) in [5, 5.41) is 4.66. The molecule has 0 saturated carbocycles. The van der Waals surface area contributed by atoms with Crippen LogP contribution >= 0.6 is 11.8 Å². The van der Waals surface area contributed by atoms with Crippen LogP contribution in [0.25, 0.3) is 16.8 Å². The molecule has 4 aromatic rings. The Morgan fingerprint density at radius 1 is 0.919 bits per heavy atom. The number of carbonyl (C=O) groups excluding carboxylic acids is 3. The molecular weight excluding hydrogens is 484 g/mol. The number of anilines is 1. The van der Waals surface area contributed by atoms with E-state index in [9.17, 15) is 14.4 Å². The first-order chi connectivity index (χ1) is 17.9. The predicted molar refractivity (Wildman–Crippen MR) is 147 cm³/mol. The van der Waals surface area contributed by atoms with E-state index in [0.29, 0.717) is 21.9 Å². The quantitative estimate of drug-likeness (QED) is 0.292. The number of rotatable bonds is 7. The standard InChI is InChI=1S/C30H24N2O4S/c1-20-9-13-25(14-10-20)31-28(33)19-36-26-8-4-5-21(16-26)17-27-29(34)32(30(35)37-27)18-22-11-12-23-6-2-3-7-24(23)15-22/h2-17H,18-19H2,1H3,(H,31,33)/b27-17-. The van der Waals surface area contributed by atoms with Gasteiger partial charge in [0.1, 0.15) is 5.75 Å². The summed E-state index contributed by atoms with van der Waals surface area (Å²) in [7, 11) is 0. The molecule has 0 radical (unpaired) electrons. The number of aryl methyl sites for hydroxylation is 1. The maximum absolute atomic E-state index is 13.0. The van der Waals surface area contributed by atoms with Crippen LogP contribution in [0.3, 0.4) is 0 Å². The van der Waals surface area contributed by atoms with Gasteiger partial charge in [0.2, 0.25) is 0 Å². The Hall–Kier alpha value is -4.36. The third-order valence-electron chi connectivity index (χ3n) is 5.89. The molecule has 0 unspecified atom stereocenters. The maximum Gasteiger partial charge on any atom is 0.293 e. The summed E-state index contributed by atoms with van der Waals surface area (Å²) >= 11 is 0.919. The van der Waals surface area contributed by atoms with E-state index >= 15 is 0 Å². The van der Waals surface area contributed by atoms with Crippen LogP contribution in [0.15, 0.2) is 95.9 Å². The van der Waals surface area contributed by atoms with Crippen molar-refractivity contribution in [3.63, 3.8) is 0 Å². The topological polar surface area (TPSA) is 75.7 Å². The van der Waals surface area contributed by atoms with Crippen molar-refractivity contribution in [1.29, 1.82) is 0 Å². The second-order valence-corrected chi connectivity index (χ2v) is 9.72. The van der Waals surface area contributed by atoms with Crippen LogP contribution < -0.4 is 10.1 Å². The number of benzene rings is 4. The monoisotopic (exact) mass is 508 g/mol. The van der Waals surface area contributed by atoms with Gasteiger partial charge >= 0.3 is 0 Å². The van der Waals surface area contributed by atoms with E-state index in [1.165, 1.54) is 4.90 Å². The van der Waals surface area contributed by atoms with Crippen molar-refractivity contribution in [1.82, 2.24) is 4.90 Å². The largest absolute Gasteiger partial charge is 0.484 e. The smallest absolute Gasteiger partial charge is 0.293 e. The van der Waals surface area contributed by atoms with E-state index in [1.807, 2.05) is 79.7 Å². The van der Waals surface area contributed by atoms with Gasteiger partial charge in [-0.25, -0.2) is 0 Å². The Balaban J connectivity index is 1.23. The minimum atomic E-state index is -0.327. The number of thioether (sulfide) groups is 1. The highest BCUT2D eigenvalue weighted by atomic mass is 32.2. The Labute approximate surface area is 218 Å². The van der Waals surface area contributed by atoms with Gasteiger partial charge in [-0.2, -0.15) is 0 Å². The number of ether oxygens (including phenoxy) is 1. The SMILES string of the molecule is Cc1ccc(NC(=O)COc2cccc(/C=C3\SC(=O)N(Cc4ccc5ccccc5c4)C3=O)c2)cc1. The summed E-state index contributed by atoms with van der Waals surface area (Å²) in [6.07, 6.45) is 1.67. The molecule has 1 fully saturated rings. The molecule has 6 nitrogen and oxygen atoms in total. The van der Waals surface area contributed by atoms with Crippen molar-refractivity contribution in [2.24, 2.45) is 0 Å². The molecule has 4 aromatic carbocycles. The third-order valence-corrected chi connectivity index (χ3v) is 6.80. The summed E-state index contributed by atoms with van der Waals surface area (Å²) in [6, 6.07) is 28.5. The van der Waals surface area contributed by atoms with Gasteiger partial charge < -0.3 is 10.1 Å². The normalized spacial score (nSPS) is 14.4. The van der Waals surface area contributed by atoms with Crippen molar-refractivity contribution in [3.05, 3.63) is 113 Å². The molecule has 0 aliphatic carbocycles. The zero-order valence-corrected chi connectivity index (χ0v) is 21.0. The number of fused-ring (bicyclic) bond motifs is 1. The molecule has 37 heavy (non-hydrogen) atoms. The lowest BCUT2D eigenvalue weighted by molar-refractivity contribution is -0.123. The second-order valence-electron chi connectivity index (χ2n) is 8.72. The Kier molecular flexibility index (Phi) is 7.05. The van der Waals surface area contributed by atoms with Crippen LogP contribution in [0.5, 0.6) is 5.75 Å². The van der Waals surface area contributed by atoms with Gasteiger partial charge in [-0.3, -0.25) is 19.3 Å². The zero-order chi connectivity index (χ0) is 25.8. The van der Waals surface area contributed by atoms with Crippen molar-refractivity contribution in [3.8, 4) is 5.75 Å². The first kappa shape index (κ1) is 24.3. The van der Waals surface area contributed by atoms with Gasteiger partial charge in [0.15, 0.2) is 6.61 Å². The van der Waals surface area contributed by atoms with Gasteiger partial charge in [0.25, 0.3) is 17.1 Å². The molecule has 0 bridgehead atoms. The average molecular weight is 509 g/mol. The molecular formula is C30H24N2O4S. The van der Waals surface area contributed by atoms with E-state index in [1.54, 1.807) is 24.3 Å². The van der Waals surface area contributed by atoms with Crippen LogP contribution in [-0.2, 0) is 16.1 Å². The molecule has 1 aliphatic rings. The summed E-state index contributed by atoms with van der Waals surface area (Å²) in [5.41, 5.74) is 3.40. The van der Waals surface area contributed by atoms with Crippen LogP contribution in [0.4, 0.5) is 10.5 Å². The molecule has 0 aromatic heterocycles. The number of hydrogen-bond acceptors (Lipinski definition) is 5. The zero-order valence-electron chi connectivity index (χ0n) is 20.1. The third kappa shape index (κ3) is 5.90. The lowest BCUT2D eigenvalue weighted by Crippen LogP contribution is -2.27. The van der Waals surface area contributed by atoms with Crippen LogP contribution in [0.1, 0.15) is 16.7 Å². The fourth-order valence-electron chi connectivity index (χ4n) is 3.98. The van der Waals surface area contributed by atoms with E-state index < -0.39 is 0 Å². The van der Waals surface area contributed by atoms with Crippen LogP contribution in [0.2, 0.25) is 0 Å². The van der Waals surface area contributed by atoms with Gasteiger partial charge in [-0.05, 0) is 77.0 Å². The molecule has 1 heterocycles. The Morgan fingerprint density at radius 2 is 1.70 bits per heavy atom. The number of nitrogens with zero attached hydrogens (tertiary/aromatic N) is 1. The first-order valence-electron chi connectivity index (χ1n) is 11.8. The highest BCUT2D eigenvalue weighted by Crippen LogP contribution is 2.34. The van der Waals surface area contributed by atoms with E-state index in [0.717, 1.165) is 33.7 Å². The predicted octanol–water partition coefficient (Wildman–Crippen LogP) is 6.40. The number of hydrogen-bond donors (Lipinski definition) is 1. The van der Waals surface area contributed by atoms with Crippen molar-refractivity contribution >= 4 is 51.4 Å². The highest BCUT2D eigenvalue weighted by Gasteiger charge is 2.35. The van der Waals surface area contributed by atoms with Crippen LogP contribution in [0, 0.1) is 6.92 Å². The van der Waals surface area contributed by atoms with E-state index in [4.69, 9.17) is 4.74 Å². The molecule has 7 heteroatoms. The minimum Gasteiger partial charge on any atom is -0.484 e. The number of imide groups is 1. The van der Waals surface area contributed by atoms with Gasteiger partial charge in [-0.1, -0.05) is 66.2 Å². The molecule has 5 rings (SSSR count). The van der Waals surface area contributed by atoms with Crippen LogP contribution in [-0.4, -0.2) is 28.6 Å². The molecule has 3 amide bonds. The maximum atomic E-state index is 13.0. The van der Waals surface area contributed by atoms with E-state index in [2.05, 4.69) is 5.32 Å². The molecule has 184 valence electrons. The summed E-state index contributed by atoms with van der Waals surface area (Å²) < 4.78 is 5.64.